The lowest BCUT2D eigenvalue weighted by molar-refractivity contribution is 0.0238. The zero-order chi connectivity index (χ0) is 22.3. The van der Waals surface area contributed by atoms with Crippen molar-refractivity contribution < 1.29 is 14.1 Å². The van der Waals surface area contributed by atoms with E-state index < -0.39 is 5.60 Å². The lowest BCUT2D eigenvalue weighted by Crippen LogP contribution is -2.50. The molecular formula is C23H30N6O3. The maximum Gasteiger partial charge on any atom is 0.410 e. The van der Waals surface area contributed by atoms with Crippen molar-refractivity contribution in [2.75, 3.05) is 31.1 Å². The molecule has 0 N–H and O–H groups in total. The molecule has 0 radical (unpaired) electrons. The largest absolute Gasteiger partial charge is 0.444 e. The molecule has 5 rings (SSSR count). The van der Waals surface area contributed by atoms with E-state index in [9.17, 15) is 4.79 Å². The lowest BCUT2D eigenvalue weighted by atomic mass is 10.1. The van der Waals surface area contributed by atoms with Crippen LogP contribution in [0.25, 0.3) is 22.3 Å². The Hall–Kier alpha value is -3.10. The molecule has 2 aliphatic rings. The summed E-state index contributed by atoms with van der Waals surface area (Å²) in [6, 6.07) is 7.14. The molecule has 1 saturated heterocycles. The monoisotopic (exact) mass is 438 g/mol. The average Bonchev–Trinajstić information content (AvgIpc) is 3.52. The van der Waals surface area contributed by atoms with Crippen LogP contribution in [0.1, 0.15) is 52.5 Å². The number of hydrogen-bond donors (Lipinski definition) is 0. The minimum absolute atomic E-state index is 0.282. The van der Waals surface area contributed by atoms with Gasteiger partial charge in [-0.2, -0.15) is 10.1 Å². The highest BCUT2D eigenvalue weighted by Gasteiger charge is 2.28. The van der Waals surface area contributed by atoms with E-state index in [1.807, 2.05) is 37.9 Å². The molecule has 2 fully saturated rings. The predicted octanol–water partition coefficient (Wildman–Crippen LogP) is 4.26. The first-order valence-electron chi connectivity index (χ1n) is 11.4. The van der Waals surface area contributed by atoms with E-state index >= 15 is 0 Å². The summed E-state index contributed by atoms with van der Waals surface area (Å²) in [4.78, 5) is 20.6. The molecule has 1 amide bonds. The number of fused-ring (bicyclic) bond motifs is 1. The number of ether oxygens (including phenoxy) is 1. The van der Waals surface area contributed by atoms with Crippen LogP contribution in [0.15, 0.2) is 28.9 Å². The van der Waals surface area contributed by atoms with Crippen molar-refractivity contribution in [1.29, 1.82) is 0 Å². The molecule has 1 saturated carbocycles. The molecule has 1 aliphatic carbocycles. The number of piperazine rings is 1. The van der Waals surface area contributed by atoms with E-state index in [1.165, 1.54) is 25.7 Å². The Morgan fingerprint density at radius 1 is 1.12 bits per heavy atom. The molecule has 0 spiro atoms. The second kappa shape index (κ2) is 8.11. The van der Waals surface area contributed by atoms with Crippen molar-refractivity contribution in [2.24, 2.45) is 0 Å². The van der Waals surface area contributed by atoms with Crippen molar-refractivity contribution in [2.45, 2.75) is 58.1 Å². The normalized spacial score (nSPS) is 18.0. The number of nitrogens with zero attached hydrogens (tertiary/aromatic N) is 6. The number of carbonyl (C=O) groups is 1. The van der Waals surface area contributed by atoms with Gasteiger partial charge < -0.3 is 19.1 Å². The van der Waals surface area contributed by atoms with Crippen LogP contribution in [0.5, 0.6) is 0 Å². The summed E-state index contributed by atoms with van der Waals surface area (Å²) in [5.74, 6) is 0.565. The van der Waals surface area contributed by atoms with E-state index in [0.717, 1.165) is 16.5 Å². The zero-order valence-corrected chi connectivity index (χ0v) is 19.0. The molecule has 3 heterocycles. The minimum Gasteiger partial charge on any atom is -0.444 e. The van der Waals surface area contributed by atoms with Crippen LogP contribution in [0, 0.1) is 0 Å². The number of rotatable bonds is 3. The smallest absolute Gasteiger partial charge is 0.410 e. The molecule has 2 aromatic heterocycles. The van der Waals surface area contributed by atoms with E-state index in [4.69, 9.17) is 9.26 Å². The maximum absolute atomic E-state index is 12.3. The summed E-state index contributed by atoms with van der Waals surface area (Å²) in [5, 5.41) is 9.98. The van der Waals surface area contributed by atoms with Crippen molar-refractivity contribution in [1.82, 2.24) is 24.8 Å². The molecule has 170 valence electrons. The molecule has 3 aromatic rings. The summed E-state index contributed by atoms with van der Waals surface area (Å²) in [6.07, 6.45) is 6.55. The summed E-state index contributed by atoms with van der Waals surface area (Å²) in [5.41, 5.74) is 1.54. The Labute approximate surface area is 187 Å². The fourth-order valence-electron chi connectivity index (χ4n) is 4.48. The highest BCUT2D eigenvalue weighted by Crippen LogP contribution is 2.33. The maximum atomic E-state index is 12.3. The quantitative estimate of drug-likeness (QED) is 0.603. The first kappa shape index (κ1) is 20.8. The third-order valence-electron chi connectivity index (χ3n) is 6.14. The topological polar surface area (TPSA) is 89.5 Å². The van der Waals surface area contributed by atoms with Crippen LogP contribution in [0.4, 0.5) is 10.8 Å². The van der Waals surface area contributed by atoms with Gasteiger partial charge in [0.2, 0.25) is 5.82 Å². The van der Waals surface area contributed by atoms with Gasteiger partial charge >= 0.3 is 12.1 Å². The SMILES string of the molecule is CC(C)(C)OC(=O)N1CCN(c2nc(-c3ccc4cnn(C5CCCC5)c4c3)no2)CC1. The fourth-order valence-corrected chi connectivity index (χ4v) is 4.48. The third-order valence-corrected chi connectivity index (χ3v) is 6.14. The predicted molar refractivity (Wildman–Crippen MR) is 121 cm³/mol. The molecule has 1 aliphatic heterocycles. The highest BCUT2D eigenvalue weighted by atomic mass is 16.6. The average molecular weight is 439 g/mol. The van der Waals surface area contributed by atoms with Gasteiger partial charge in [0, 0.05) is 37.1 Å². The van der Waals surface area contributed by atoms with E-state index in [1.54, 1.807) is 4.90 Å². The number of aromatic nitrogens is 4. The van der Waals surface area contributed by atoms with Crippen LogP contribution in [-0.2, 0) is 4.74 Å². The minimum atomic E-state index is -0.496. The summed E-state index contributed by atoms with van der Waals surface area (Å²) >= 11 is 0. The summed E-state index contributed by atoms with van der Waals surface area (Å²) in [7, 11) is 0. The summed E-state index contributed by atoms with van der Waals surface area (Å²) < 4.78 is 13.2. The van der Waals surface area contributed by atoms with Gasteiger partial charge in [0.05, 0.1) is 17.8 Å². The van der Waals surface area contributed by atoms with Crippen LogP contribution in [-0.4, -0.2) is 62.7 Å². The Morgan fingerprint density at radius 2 is 1.88 bits per heavy atom. The highest BCUT2D eigenvalue weighted by molar-refractivity contribution is 5.83. The van der Waals surface area contributed by atoms with E-state index in [0.29, 0.717) is 44.1 Å². The van der Waals surface area contributed by atoms with Crippen LogP contribution in [0.3, 0.4) is 0 Å². The zero-order valence-electron chi connectivity index (χ0n) is 19.0. The Kier molecular flexibility index (Phi) is 5.27. The Balaban J connectivity index is 1.29. The Bertz CT molecular complexity index is 1100. The molecule has 9 heteroatoms. The van der Waals surface area contributed by atoms with Crippen LogP contribution in [0.2, 0.25) is 0 Å². The van der Waals surface area contributed by atoms with Crippen LogP contribution >= 0.6 is 0 Å². The van der Waals surface area contributed by atoms with Gasteiger partial charge in [-0.3, -0.25) is 4.68 Å². The van der Waals surface area contributed by atoms with Gasteiger partial charge in [-0.1, -0.05) is 30.1 Å². The Morgan fingerprint density at radius 3 is 2.59 bits per heavy atom. The molecule has 0 unspecified atom stereocenters. The molecule has 32 heavy (non-hydrogen) atoms. The first-order chi connectivity index (χ1) is 15.4. The second-order valence-corrected chi connectivity index (χ2v) is 9.66. The van der Waals surface area contributed by atoms with Gasteiger partial charge in [-0.15, -0.1) is 0 Å². The standard InChI is InChI=1S/C23H30N6O3/c1-23(2,3)31-22(30)28-12-10-27(11-13-28)21-25-20(26-32-21)16-8-9-17-15-24-29(19(17)14-16)18-6-4-5-7-18/h8-9,14-15,18H,4-7,10-13H2,1-3H3. The van der Waals surface area contributed by atoms with Crippen molar-refractivity contribution >= 4 is 23.0 Å². The second-order valence-electron chi connectivity index (χ2n) is 9.66. The third kappa shape index (κ3) is 4.16. The summed E-state index contributed by atoms with van der Waals surface area (Å²) in [6.45, 7) is 7.97. The van der Waals surface area contributed by atoms with Crippen molar-refractivity contribution in [3.05, 3.63) is 24.4 Å². The number of carbonyl (C=O) groups excluding carboxylic acids is 1. The van der Waals surface area contributed by atoms with E-state index in [-0.39, 0.29) is 6.09 Å². The number of benzene rings is 1. The lowest BCUT2D eigenvalue weighted by Gasteiger charge is -2.34. The fraction of sp³-hybridized carbons (Fsp3) is 0.565. The molecule has 0 atom stereocenters. The van der Waals surface area contributed by atoms with Gasteiger partial charge in [0.25, 0.3) is 0 Å². The van der Waals surface area contributed by atoms with Gasteiger partial charge in [-0.05, 0) is 39.7 Å². The first-order valence-corrected chi connectivity index (χ1v) is 11.4. The number of hydrogen-bond acceptors (Lipinski definition) is 7. The number of amides is 1. The van der Waals surface area contributed by atoms with Gasteiger partial charge in [-0.25, -0.2) is 4.79 Å². The van der Waals surface area contributed by atoms with Crippen molar-refractivity contribution in [3.63, 3.8) is 0 Å². The number of anilines is 1. The molecule has 1 aromatic carbocycles. The van der Waals surface area contributed by atoms with Gasteiger partial charge in [0.15, 0.2) is 0 Å². The van der Waals surface area contributed by atoms with E-state index in [2.05, 4.69) is 32.1 Å². The van der Waals surface area contributed by atoms with Gasteiger partial charge in [0.1, 0.15) is 5.60 Å². The van der Waals surface area contributed by atoms with Crippen molar-refractivity contribution in [3.8, 4) is 11.4 Å². The van der Waals surface area contributed by atoms with Crippen LogP contribution < -0.4 is 4.90 Å². The molecule has 0 bridgehead atoms. The molecule has 9 nitrogen and oxygen atoms in total. The molecular weight excluding hydrogens is 408 g/mol.